The van der Waals surface area contributed by atoms with Crippen LogP contribution in [0.5, 0.6) is 0 Å². The number of aromatic nitrogens is 3. The minimum atomic E-state index is 0.664. The minimum absolute atomic E-state index is 0.664. The Kier molecular flexibility index (Phi) is 4.36. The van der Waals surface area contributed by atoms with Gasteiger partial charge < -0.3 is 5.73 Å². The second-order valence-corrected chi connectivity index (χ2v) is 5.30. The summed E-state index contributed by atoms with van der Waals surface area (Å²) in [7, 11) is 0. The maximum Gasteiger partial charge on any atom is 0.0850 e. The molecule has 0 saturated heterocycles. The Balaban J connectivity index is 2.24. The van der Waals surface area contributed by atoms with Crippen molar-refractivity contribution in [2.75, 3.05) is 6.54 Å². The van der Waals surface area contributed by atoms with Crippen molar-refractivity contribution < 1.29 is 0 Å². The van der Waals surface area contributed by atoms with Crippen LogP contribution in [0.2, 0.25) is 5.02 Å². The first-order valence-corrected chi connectivity index (χ1v) is 6.73. The summed E-state index contributed by atoms with van der Waals surface area (Å²) < 4.78 is 2.80. The lowest BCUT2D eigenvalue weighted by molar-refractivity contribution is 0.779. The van der Waals surface area contributed by atoms with Crippen molar-refractivity contribution in [3.8, 4) is 5.69 Å². The molecular formula is C11H12ClIN4. The molecule has 0 radical (unpaired) electrons. The lowest BCUT2D eigenvalue weighted by Gasteiger charge is -2.02. The first-order chi connectivity index (χ1) is 8.20. The SMILES string of the molecule is NCCCc1cn(-c2ccc(I)cc2Cl)nn1. The van der Waals surface area contributed by atoms with Crippen LogP contribution in [0.4, 0.5) is 0 Å². The van der Waals surface area contributed by atoms with E-state index in [2.05, 4.69) is 32.9 Å². The molecule has 1 aromatic heterocycles. The van der Waals surface area contributed by atoms with E-state index in [9.17, 15) is 0 Å². The van der Waals surface area contributed by atoms with Gasteiger partial charge in [0.15, 0.2) is 0 Å². The first kappa shape index (κ1) is 12.8. The van der Waals surface area contributed by atoms with Crippen LogP contribution in [-0.4, -0.2) is 21.5 Å². The van der Waals surface area contributed by atoms with Gasteiger partial charge in [-0.15, -0.1) is 5.10 Å². The molecule has 0 atom stereocenters. The fourth-order valence-electron chi connectivity index (χ4n) is 1.48. The maximum atomic E-state index is 6.16. The van der Waals surface area contributed by atoms with Crippen LogP contribution < -0.4 is 5.73 Å². The molecule has 0 aliphatic carbocycles. The number of hydrogen-bond acceptors (Lipinski definition) is 3. The van der Waals surface area contributed by atoms with Gasteiger partial charge in [-0.05, 0) is 60.2 Å². The Hall–Kier alpha value is -0.660. The summed E-state index contributed by atoms with van der Waals surface area (Å²) in [6.45, 7) is 0.664. The third kappa shape index (κ3) is 3.17. The van der Waals surface area contributed by atoms with Crippen LogP contribution >= 0.6 is 34.2 Å². The molecule has 0 amide bonds. The molecule has 0 spiro atoms. The maximum absolute atomic E-state index is 6.16. The average molecular weight is 363 g/mol. The molecule has 0 saturated carbocycles. The van der Waals surface area contributed by atoms with Gasteiger partial charge in [0.1, 0.15) is 0 Å². The Morgan fingerprint density at radius 2 is 2.24 bits per heavy atom. The Morgan fingerprint density at radius 1 is 1.41 bits per heavy atom. The van der Waals surface area contributed by atoms with Crippen LogP contribution in [0, 0.1) is 3.57 Å². The highest BCUT2D eigenvalue weighted by molar-refractivity contribution is 14.1. The number of benzene rings is 1. The van der Waals surface area contributed by atoms with Gasteiger partial charge >= 0.3 is 0 Å². The van der Waals surface area contributed by atoms with Crippen molar-refractivity contribution in [2.24, 2.45) is 5.73 Å². The second kappa shape index (κ2) is 5.79. The molecule has 0 fully saturated rings. The van der Waals surface area contributed by atoms with Gasteiger partial charge in [-0.3, -0.25) is 0 Å². The van der Waals surface area contributed by atoms with Crippen molar-refractivity contribution in [3.63, 3.8) is 0 Å². The number of nitrogens with zero attached hydrogens (tertiary/aromatic N) is 3. The van der Waals surface area contributed by atoms with E-state index in [4.69, 9.17) is 17.3 Å². The largest absolute Gasteiger partial charge is 0.330 e. The van der Waals surface area contributed by atoms with Crippen LogP contribution in [0.15, 0.2) is 24.4 Å². The van der Waals surface area contributed by atoms with Crippen molar-refractivity contribution in [1.82, 2.24) is 15.0 Å². The monoisotopic (exact) mass is 362 g/mol. The van der Waals surface area contributed by atoms with E-state index in [0.717, 1.165) is 27.8 Å². The van der Waals surface area contributed by atoms with Gasteiger partial charge in [0.25, 0.3) is 0 Å². The third-order valence-electron chi connectivity index (χ3n) is 2.33. The van der Waals surface area contributed by atoms with Crippen molar-refractivity contribution in [2.45, 2.75) is 12.8 Å². The quantitative estimate of drug-likeness (QED) is 0.850. The summed E-state index contributed by atoms with van der Waals surface area (Å²) >= 11 is 8.39. The van der Waals surface area contributed by atoms with Gasteiger partial charge in [-0.1, -0.05) is 16.8 Å². The van der Waals surface area contributed by atoms with Crippen molar-refractivity contribution in [1.29, 1.82) is 0 Å². The molecule has 2 N–H and O–H groups in total. The second-order valence-electron chi connectivity index (χ2n) is 3.64. The zero-order chi connectivity index (χ0) is 12.3. The molecule has 2 aromatic rings. The summed E-state index contributed by atoms with van der Waals surface area (Å²) in [6.07, 6.45) is 3.65. The van der Waals surface area contributed by atoms with E-state index in [-0.39, 0.29) is 0 Å². The Bertz CT molecular complexity index is 512. The van der Waals surface area contributed by atoms with Gasteiger partial charge in [0, 0.05) is 3.57 Å². The predicted octanol–water partition coefficient (Wildman–Crippen LogP) is 2.42. The molecule has 0 bridgehead atoms. The van der Waals surface area contributed by atoms with E-state index in [0.29, 0.717) is 11.6 Å². The molecule has 1 aromatic carbocycles. The molecule has 6 heteroatoms. The third-order valence-corrected chi connectivity index (χ3v) is 3.31. The van der Waals surface area contributed by atoms with E-state index in [1.807, 2.05) is 24.4 Å². The molecule has 2 rings (SSSR count). The van der Waals surface area contributed by atoms with Gasteiger partial charge in [0.2, 0.25) is 0 Å². The van der Waals surface area contributed by atoms with Gasteiger partial charge in [-0.25, -0.2) is 4.68 Å². The van der Waals surface area contributed by atoms with Crippen LogP contribution in [0.25, 0.3) is 5.69 Å². The molecule has 0 unspecified atom stereocenters. The standard InChI is InChI=1S/C11H12ClIN4/c12-10-6-8(13)3-4-11(10)17-7-9(15-16-17)2-1-5-14/h3-4,6-7H,1-2,5,14H2. The molecule has 0 aliphatic rings. The summed E-state index contributed by atoms with van der Waals surface area (Å²) in [5, 5.41) is 8.83. The number of aryl methyl sites for hydroxylation is 1. The normalized spacial score (nSPS) is 10.8. The predicted molar refractivity (Wildman–Crippen MR) is 76.5 cm³/mol. The van der Waals surface area contributed by atoms with E-state index < -0.39 is 0 Å². The summed E-state index contributed by atoms with van der Waals surface area (Å²) in [6, 6.07) is 5.83. The molecule has 17 heavy (non-hydrogen) atoms. The van der Waals surface area contributed by atoms with E-state index in [1.54, 1.807) is 4.68 Å². The lowest BCUT2D eigenvalue weighted by Crippen LogP contribution is -2.00. The zero-order valence-corrected chi connectivity index (χ0v) is 12.0. The highest BCUT2D eigenvalue weighted by atomic mass is 127. The Morgan fingerprint density at radius 3 is 2.94 bits per heavy atom. The van der Waals surface area contributed by atoms with Crippen LogP contribution in [0.1, 0.15) is 12.1 Å². The fourth-order valence-corrected chi connectivity index (χ4v) is 2.42. The summed E-state index contributed by atoms with van der Waals surface area (Å²) in [5.41, 5.74) is 7.24. The van der Waals surface area contributed by atoms with Crippen LogP contribution in [-0.2, 0) is 6.42 Å². The van der Waals surface area contributed by atoms with Gasteiger partial charge in [-0.2, -0.15) is 0 Å². The summed E-state index contributed by atoms with van der Waals surface area (Å²) in [5.74, 6) is 0. The highest BCUT2D eigenvalue weighted by Gasteiger charge is 2.06. The van der Waals surface area contributed by atoms with E-state index >= 15 is 0 Å². The number of rotatable bonds is 4. The molecule has 1 heterocycles. The zero-order valence-electron chi connectivity index (χ0n) is 9.11. The topological polar surface area (TPSA) is 56.7 Å². The number of hydrogen-bond donors (Lipinski definition) is 1. The Labute approximate surface area is 118 Å². The average Bonchev–Trinajstić information content (AvgIpc) is 2.75. The highest BCUT2D eigenvalue weighted by Crippen LogP contribution is 2.22. The molecule has 0 aliphatic heterocycles. The van der Waals surface area contributed by atoms with E-state index in [1.165, 1.54) is 0 Å². The smallest absolute Gasteiger partial charge is 0.0850 e. The first-order valence-electron chi connectivity index (χ1n) is 5.27. The summed E-state index contributed by atoms with van der Waals surface area (Å²) in [4.78, 5) is 0. The molecule has 90 valence electrons. The van der Waals surface area contributed by atoms with Crippen molar-refractivity contribution >= 4 is 34.2 Å². The number of halogens is 2. The number of nitrogens with two attached hydrogens (primary N) is 1. The van der Waals surface area contributed by atoms with Crippen molar-refractivity contribution in [3.05, 3.63) is 38.7 Å². The van der Waals surface area contributed by atoms with Gasteiger partial charge in [0.05, 0.1) is 22.6 Å². The molecule has 4 nitrogen and oxygen atoms in total. The lowest BCUT2D eigenvalue weighted by atomic mass is 10.2. The molecular weight excluding hydrogens is 351 g/mol. The minimum Gasteiger partial charge on any atom is -0.330 e. The fraction of sp³-hybridized carbons (Fsp3) is 0.273. The van der Waals surface area contributed by atoms with Crippen LogP contribution in [0.3, 0.4) is 0 Å².